The average molecular weight is 208 g/mol. The smallest absolute Gasteiger partial charge is 0.0234 e. The van der Waals surface area contributed by atoms with Gasteiger partial charge in [-0.2, -0.15) is 0 Å². The van der Waals surface area contributed by atoms with Crippen molar-refractivity contribution in [2.75, 3.05) is 0 Å². The van der Waals surface area contributed by atoms with Gasteiger partial charge in [-0.25, -0.2) is 0 Å². The molecule has 0 nitrogen and oxygen atoms in total. The predicted molar refractivity (Wildman–Crippen MR) is 69.0 cm³/mol. The first-order valence-electron chi connectivity index (χ1n) is 6.94. The largest absolute Gasteiger partial charge is 0.0882 e. The second-order valence-electron chi connectivity index (χ2n) is 5.25. The Morgan fingerprint density at radius 2 is 1.87 bits per heavy atom. The van der Waals surface area contributed by atoms with Gasteiger partial charge in [-0.1, -0.05) is 52.2 Å². The SMILES string of the molecule is CCC(CC)C(C)CCC=CC1CCC1. The van der Waals surface area contributed by atoms with E-state index in [2.05, 4.69) is 32.9 Å². The standard InChI is InChI=1S/C15H28/c1-4-15(5-2)13(3)9-6-7-10-14-11-8-12-14/h7,10,13-15H,4-6,8-9,11-12H2,1-3H3. The van der Waals surface area contributed by atoms with Crippen molar-refractivity contribution in [1.82, 2.24) is 0 Å². The van der Waals surface area contributed by atoms with Crippen LogP contribution in [-0.4, -0.2) is 0 Å². The minimum absolute atomic E-state index is 0.908. The van der Waals surface area contributed by atoms with Crippen molar-refractivity contribution in [3.8, 4) is 0 Å². The van der Waals surface area contributed by atoms with Gasteiger partial charge in [0, 0.05) is 0 Å². The molecule has 0 aromatic carbocycles. The lowest BCUT2D eigenvalue weighted by atomic mass is 9.84. The summed E-state index contributed by atoms with van der Waals surface area (Å²) in [4.78, 5) is 0. The Hall–Kier alpha value is -0.260. The fourth-order valence-corrected chi connectivity index (χ4v) is 2.61. The molecule has 1 atom stereocenters. The van der Waals surface area contributed by atoms with Gasteiger partial charge in [-0.3, -0.25) is 0 Å². The van der Waals surface area contributed by atoms with E-state index in [1.807, 2.05) is 0 Å². The third-order valence-electron chi connectivity index (χ3n) is 4.20. The molecule has 0 spiro atoms. The molecule has 88 valence electrons. The molecular weight excluding hydrogens is 180 g/mol. The molecular formula is C15H28. The Balaban J connectivity index is 2.09. The molecule has 1 aliphatic rings. The van der Waals surface area contributed by atoms with Crippen molar-refractivity contribution in [3.05, 3.63) is 12.2 Å². The van der Waals surface area contributed by atoms with Crippen LogP contribution in [0.15, 0.2) is 12.2 Å². The molecule has 0 N–H and O–H groups in total. The van der Waals surface area contributed by atoms with Gasteiger partial charge in [-0.05, 0) is 43.4 Å². The second kappa shape index (κ2) is 7.09. The summed E-state index contributed by atoms with van der Waals surface area (Å²) in [7, 11) is 0. The molecule has 1 saturated carbocycles. The third-order valence-corrected chi connectivity index (χ3v) is 4.20. The van der Waals surface area contributed by atoms with Crippen molar-refractivity contribution in [2.45, 2.75) is 65.7 Å². The Morgan fingerprint density at radius 1 is 1.20 bits per heavy atom. The van der Waals surface area contributed by atoms with Gasteiger partial charge in [0.2, 0.25) is 0 Å². The minimum atomic E-state index is 0.908. The van der Waals surface area contributed by atoms with E-state index >= 15 is 0 Å². The van der Waals surface area contributed by atoms with E-state index in [0.29, 0.717) is 0 Å². The minimum Gasteiger partial charge on any atom is -0.0882 e. The molecule has 1 rings (SSSR count). The highest BCUT2D eigenvalue weighted by Crippen LogP contribution is 2.28. The summed E-state index contributed by atoms with van der Waals surface area (Å²) in [5.74, 6) is 2.79. The normalized spacial score (nSPS) is 19.7. The molecule has 0 bridgehead atoms. The van der Waals surface area contributed by atoms with Crippen LogP contribution in [0.25, 0.3) is 0 Å². The van der Waals surface area contributed by atoms with E-state index in [-0.39, 0.29) is 0 Å². The first-order chi connectivity index (χ1) is 7.27. The molecule has 0 saturated heterocycles. The molecule has 0 radical (unpaired) electrons. The fourth-order valence-electron chi connectivity index (χ4n) is 2.61. The van der Waals surface area contributed by atoms with Crippen LogP contribution in [0, 0.1) is 17.8 Å². The van der Waals surface area contributed by atoms with Crippen LogP contribution in [0.4, 0.5) is 0 Å². The molecule has 0 heterocycles. The van der Waals surface area contributed by atoms with Crippen LogP contribution in [0.1, 0.15) is 65.7 Å². The van der Waals surface area contributed by atoms with E-state index in [1.165, 1.54) is 44.9 Å². The first kappa shape index (κ1) is 12.8. The zero-order valence-corrected chi connectivity index (χ0v) is 10.8. The zero-order valence-electron chi connectivity index (χ0n) is 10.8. The van der Waals surface area contributed by atoms with Gasteiger partial charge in [0.15, 0.2) is 0 Å². The molecule has 0 heteroatoms. The zero-order chi connectivity index (χ0) is 11.1. The van der Waals surface area contributed by atoms with Gasteiger partial charge >= 0.3 is 0 Å². The molecule has 15 heavy (non-hydrogen) atoms. The maximum Gasteiger partial charge on any atom is -0.0234 e. The van der Waals surface area contributed by atoms with Gasteiger partial charge in [0.25, 0.3) is 0 Å². The average Bonchev–Trinajstić information content (AvgIpc) is 2.16. The van der Waals surface area contributed by atoms with E-state index in [0.717, 1.165) is 17.8 Å². The summed E-state index contributed by atoms with van der Waals surface area (Å²) in [5.41, 5.74) is 0. The Bertz CT molecular complexity index is 172. The second-order valence-corrected chi connectivity index (χ2v) is 5.25. The number of hydrogen-bond acceptors (Lipinski definition) is 0. The fraction of sp³-hybridized carbons (Fsp3) is 0.867. The summed E-state index contributed by atoms with van der Waals surface area (Å²) in [6.07, 6.45) is 14.6. The third kappa shape index (κ3) is 4.40. The number of hydrogen-bond donors (Lipinski definition) is 0. The molecule has 1 fully saturated rings. The van der Waals surface area contributed by atoms with Gasteiger partial charge < -0.3 is 0 Å². The molecule has 0 aromatic rings. The van der Waals surface area contributed by atoms with Crippen LogP contribution in [0.5, 0.6) is 0 Å². The van der Waals surface area contributed by atoms with Crippen LogP contribution in [0.3, 0.4) is 0 Å². The lowest BCUT2D eigenvalue weighted by molar-refractivity contribution is 0.320. The number of allylic oxidation sites excluding steroid dienone is 2. The molecule has 0 aromatic heterocycles. The molecule has 1 unspecified atom stereocenters. The maximum absolute atomic E-state index is 2.46. The number of rotatable bonds is 7. The monoisotopic (exact) mass is 208 g/mol. The lowest BCUT2D eigenvalue weighted by Gasteiger charge is -2.22. The van der Waals surface area contributed by atoms with Gasteiger partial charge in [0.1, 0.15) is 0 Å². The van der Waals surface area contributed by atoms with Gasteiger partial charge in [0.05, 0.1) is 0 Å². The van der Waals surface area contributed by atoms with Crippen LogP contribution < -0.4 is 0 Å². The van der Waals surface area contributed by atoms with Crippen LogP contribution >= 0.6 is 0 Å². The lowest BCUT2D eigenvalue weighted by Crippen LogP contribution is -2.09. The van der Waals surface area contributed by atoms with Crippen LogP contribution in [0.2, 0.25) is 0 Å². The highest BCUT2D eigenvalue weighted by Gasteiger charge is 2.14. The Morgan fingerprint density at radius 3 is 2.33 bits per heavy atom. The van der Waals surface area contributed by atoms with E-state index in [4.69, 9.17) is 0 Å². The van der Waals surface area contributed by atoms with E-state index < -0.39 is 0 Å². The Kier molecular flexibility index (Phi) is 6.05. The van der Waals surface area contributed by atoms with Crippen molar-refractivity contribution in [3.63, 3.8) is 0 Å². The summed E-state index contributed by atoms with van der Waals surface area (Å²) in [6.45, 7) is 7.08. The Labute approximate surface area is 96.2 Å². The quantitative estimate of drug-likeness (QED) is 0.505. The highest BCUT2D eigenvalue weighted by atomic mass is 14.2. The summed E-state index contributed by atoms with van der Waals surface area (Å²) in [5, 5.41) is 0. The summed E-state index contributed by atoms with van der Waals surface area (Å²) < 4.78 is 0. The molecule has 0 aliphatic heterocycles. The van der Waals surface area contributed by atoms with Crippen molar-refractivity contribution >= 4 is 0 Å². The molecule has 1 aliphatic carbocycles. The van der Waals surface area contributed by atoms with Crippen molar-refractivity contribution in [1.29, 1.82) is 0 Å². The van der Waals surface area contributed by atoms with Crippen molar-refractivity contribution < 1.29 is 0 Å². The molecule has 0 amide bonds. The topological polar surface area (TPSA) is 0 Å². The summed E-state index contributed by atoms with van der Waals surface area (Å²) >= 11 is 0. The summed E-state index contributed by atoms with van der Waals surface area (Å²) in [6, 6.07) is 0. The van der Waals surface area contributed by atoms with Crippen LogP contribution in [-0.2, 0) is 0 Å². The predicted octanol–water partition coefficient (Wildman–Crippen LogP) is 5.20. The maximum atomic E-state index is 2.46. The first-order valence-corrected chi connectivity index (χ1v) is 6.94. The van der Waals surface area contributed by atoms with Gasteiger partial charge in [-0.15, -0.1) is 0 Å². The van der Waals surface area contributed by atoms with E-state index in [1.54, 1.807) is 0 Å². The van der Waals surface area contributed by atoms with Crippen molar-refractivity contribution in [2.24, 2.45) is 17.8 Å². The van der Waals surface area contributed by atoms with E-state index in [9.17, 15) is 0 Å². The highest BCUT2D eigenvalue weighted by molar-refractivity contribution is 4.92.